The molecule has 1 aromatic carbocycles. The van der Waals surface area contributed by atoms with E-state index in [2.05, 4.69) is 15.3 Å². The van der Waals surface area contributed by atoms with Gasteiger partial charge in [-0.15, -0.1) is 0 Å². The normalized spacial score (nSPS) is 11.9. The zero-order valence-electron chi connectivity index (χ0n) is 21.1. The number of ether oxygens (including phenoxy) is 3. The number of halogens is 2. The van der Waals surface area contributed by atoms with Gasteiger partial charge in [0.15, 0.2) is 5.82 Å². The largest absolute Gasteiger partial charge is 0.466 e. The first-order chi connectivity index (χ1) is 17.5. The summed E-state index contributed by atoms with van der Waals surface area (Å²) in [5.41, 5.74) is 1.64. The van der Waals surface area contributed by atoms with Crippen molar-refractivity contribution in [3.63, 3.8) is 0 Å². The molecule has 0 saturated carbocycles. The fourth-order valence-corrected chi connectivity index (χ4v) is 3.54. The number of benzene rings is 1. The summed E-state index contributed by atoms with van der Waals surface area (Å²) in [6.45, 7) is 7.27. The maximum absolute atomic E-state index is 14.0. The van der Waals surface area contributed by atoms with Crippen molar-refractivity contribution >= 4 is 23.7 Å². The maximum atomic E-state index is 14.0. The van der Waals surface area contributed by atoms with E-state index in [1.807, 2.05) is 12.1 Å². The van der Waals surface area contributed by atoms with Crippen LogP contribution in [0.4, 0.5) is 9.18 Å². The molecule has 196 valence electrons. The van der Waals surface area contributed by atoms with Crippen LogP contribution in [0.2, 0.25) is 5.02 Å². The number of carbonyl (C=O) groups is 2. The summed E-state index contributed by atoms with van der Waals surface area (Å²) in [4.78, 5) is 32.7. The van der Waals surface area contributed by atoms with E-state index in [0.717, 1.165) is 17.2 Å². The van der Waals surface area contributed by atoms with Crippen LogP contribution in [0.15, 0.2) is 54.9 Å². The van der Waals surface area contributed by atoms with E-state index in [4.69, 9.17) is 25.8 Å². The topological polar surface area (TPSA) is 99.6 Å². The molecule has 0 aliphatic carbocycles. The summed E-state index contributed by atoms with van der Waals surface area (Å²) in [6.07, 6.45) is 2.69. The molecular weight excluding hydrogens is 501 g/mol. The Labute approximate surface area is 220 Å². The summed E-state index contributed by atoms with van der Waals surface area (Å²) in [6, 6.07) is 11.2. The van der Waals surface area contributed by atoms with Crippen LogP contribution in [-0.2, 0) is 20.7 Å². The number of nitrogens with zero attached hydrogens (tertiary/aromatic N) is 2. The second-order valence-electron chi connectivity index (χ2n) is 9.17. The molecule has 0 aliphatic heterocycles. The van der Waals surface area contributed by atoms with Crippen molar-refractivity contribution in [3.05, 3.63) is 71.3 Å². The third-order valence-corrected chi connectivity index (χ3v) is 5.09. The van der Waals surface area contributed by atoms with Gasteiger partial charge in [-0.1, -0.05) is 11.6 Å². The number of carbonyl (C=O) groups excluding carboxylic acids is 2. The van der Waals surface area contributed by atoms with E-state index < -0.39 is 29.5 Å². The van der Waals surface area contributed by atoms with Crippen LogP contribution in [0.5, 0.6) is 11.6 Å². The Kier molecular flexibility index (Phi) is 9.41. The molecule has 37 heavy (non-hydrogen) atoms. The molecule has 2 aromatic heterocycles. The zero-order valence-corrected chi connectivity index (χ0v) is 21.8. The molecule has 1 unspecified atom stereocenters. The third kappa shape index (κ3) is 9.02. The van der Waals surface area contributed by atoms with Crippen LogP contribution in [0.1, 0.15) is 39.7 Å². The average molecular weight is 530 g/mol. The van der Waals surface area contributed by atoms with Gasteiger partial charge in [0, 0.05) is 24.0 Å². The van der Waals surface area contributed by atoms with E-state index >= 15 is 0 Å². The first-order valence-electron chi connectivity index (χ1n) is 11.7. The summed E-state index contributed by atoms with van der Waals surface area (Å²) in [5, 5.41) is 2.94. The van der Waals surface area contributed by atoms with E-state index in [1.54, 1.807) is 58.2 Å². The van der Waals surface area contributed by atoms with E-state index in [-0.39, 0.29) is 23.9 Å². The summed E-state index contributed by atoms with van der Waals surface area (Å²) in [5.74, 6) is -0.865. The lowest BCUT2D eigenvalue weighted by Gasteiger charge is -2.23. The minimum absolute atomic E-state index is 0.00787. The molecule has 0 spiro atoms. The Morgan fingerprint density at radius 3 is 2.49 bits per heavy atom. The predicted octanol–water partition coefficient (Wildman–Crippen LogP) is 6.12. The van der Waals surface area contributed by atoms with Gasteiger partial charge < -0.3 is 19.5 Å². The molecule has 1 N–H and O–H groups in total. The molecule has 0 fully saturated rings. The quantitative estimate of drug-likeness (QED) is 0.333. The Bertz CT molecular complexity index is 1230. The van der Waals surface area contributed by atoms with Crippen LogP contribution in [0, 0.1) is 5.82 Å². The van der Waals surface area contributed by atoms with Gasteiger partial charge >= 0.3 is 12.1 Å². The van der Waals surface area contributed by atoms with Gasteiger partial charge in [0.1, 0.15) is 11.4 Å². The molecule has 8 nitrogen and oxygen atoms in total. The van der Waals surface area contributed by atoms with Gasteiger partial charge in [0.2, 0.25) is 0 Å². The van der Waals surface area contributed by atoms with Crippen LogP contribution in [-0.4, -0.2) is 40.3 Å². The minimum Gasteiger partial charge on any atom is -0.466 e. The fraction of sp³-hybridized carbons (Fsp3) is 0.333. The molecule has 0 radical (unpaired) electrons. The van der Waals surface area contributed by atoms with Crippen molar-refractivity contribution in [1.82, 2.24) is 15.3 Å². The van der Waals surface area contributed by atoms with Crippen LogP contribution in [0.3, 0.4) is 0 Å². The number of hydrogen-bond donors (Lipinski definition) is 1. The molecule has 3 rings (SSSR count). The lowest BCUT2D eigenvalue weighted by Crippen LogP contribution is -2.41. The highest BCUT2D eigenvalue weighted by Gasteiger charge is 2.22. The van der Waals surface area contributed by atoms with Gasteiger partial charge in [-0.05, 0) is 82.1 Å². The number of pyridine rings is 2. The summed E-state index contributed by atoms with van der Waals surface area (Å²) >= 11 is 5.73. The van der Waals surface area contributed by atoms with Crippen molar-refractivity contribution < 1.29 is 28.2 Å². The number of nitrogens with one attached hydrogen (secondary N) is 1. The highest BCUT2D eigenvalue weighted by atomic mass is 35.5. The molecule has 0 bridgehead atoms. The van der Waals surface area contributed by atoms with E-state index in [0.29, 0.717) is 17.9 Å². The number of esters is 1. The average Bonchev–Trinajstić information content (AvgIpc) is 2.80. The Morgan fingerprint density at radius 1 is 1.11 bits per heavy atom. The summed E-state index contributed by atoms with van der Waals surface area (Å²) < 4.78 is 29.9. The molecule has 1 atom stereocenters. The molecule has 0 saturated heterocycles. The fourth-order valence-electron chi connectivity index (χ4n) is 3.40. The van der Waals surface area contributed by atoms with Gasteiger partial charge in [0.05, 0.1) is 23.7 Å². The second kappa shape index (κ2) is 12.5. The molecule has 0 aliphatic rings. The van der Waals surface area contributed by atoms with Crippen molar-refractivity contribution in [2.75, 3.05) is 6.61 Å². The number of alkyl carbamates (subject to hydrolysis) is 1. The number of rotatable bonds is 9. The standard InChI is InChI=1S/C27H29ClFN3O5/c1-5-35-24(33)15-20(32-26(34)37-27(2,3)4)12-17-10-11-30-23(13-17)18-6-8-21(9-7-18)36-25-22(29)14-19(28)16-31-25/h6-11,13-14,16,20H,5,12,15H2,1-4H3,(H,32,34). The predicted molar refractivity (Wildman–Crippen MR) is 137 cm³/mol. The van der Waals surface area contributed by atoms with Gasteiger partial charge in [-0.25, -0.2) is 14.2 Å². The van der Waals surface area contributed by atoms with E-state index in [1.165, 1.54) is 6.20 Å². The highest BCUT2D eigenvalue weighted by molar-refractivity contribution is 6.30. The van der Waals surface area contributed by atoms with Gasteiger partial charge in [0.25, 0.3) is 5.88 Å². The van der Waals surface area contributed by atoms with Crippen LogP contribution in [0.25, 0.3) is 11.3 Å². The highest BCUT2D eigenvalue weighted by Crippen LogP contribution is 2.27. The Morgan fingerprint density at radius 2 is 1.84 bits per heavy atom. The molecule has 10 heteroatoms. The minimum atomic E-state index is -0.673. The Hall–Kier alpha value is -3.72. The van der Waals surface area contributed by atoms with Crippen molar-refractivity contribution in [3.8, 4) is 22.9 Å². The first-order valence-corrected chi connectivity index (χ1v) is 12.1. The van der Waals surface area contributed by atoms with Crippen molar-refractivity contribution in [2.45, 2.75) is 52.2 Å². The smallest absolute Gasteiger partial charge is 0.407 e. The van der Waals surface area contributed by atoms with E-state index in [9.17, 15) is 14.0 Å². The lowest BCUT2D eigenvalue weighted by molar-refractivity contribution is -0.143. The second-order valence-corrected chi connectivity index (χ2v) is 9.61. The van der Waals surface area contributed by atoms with Gasteiger partial charge in [-0.3, -0.25) is 9.78 Å². The van der Waals surface area contributed by atoms with Gasteiger partial charge in [-0.2, -0.15) is 0 Å². The Balaban J connectivity index is 1.73. The van der Waals surface area contributed by atoms with Crippen LogP contribution >= 0.6 is 11.6 Å². The van der Waals surface area contributed by atoms with Crippen molar-refractivity contribution in [1.29, 1.82) is 0 Å². The lowest BCUT2D eigenvalue weighted by atomic mass is 10.0. The number of aromatic nitrogens is 2. The molecule has 1 amide bonds. The first kappa shape index (κ1) is 27.9. The summed E-state index contributed by atoms with van der Waals surface area (Å²) in [7, 11) is 0. The third-order valence-electron chi connectivity index (χ3n) is 4.88. The molecular formula is C27H29ClFN3O5. The van der Waals surface area contributed by atoms with Crippen molar-refractivity contribution in [2.24, 2.45) is 0 Å². The zero-order chi connectivity index (χ0) is 27.0. The molecule has 3 aromatic rings. The monoisotopic (exact) mass is 529 g/mol. The maximum Gasteiger partial charge on any atom is 0.407 e. The number of hydrogen-bond acceptors (Lipinski definition) is 7. The van der Waals surface area contributed by atoms with Crippen LogP contribution < -0.4 is 10.1 Å². The molecule has 2 heterocycles. The number of amides is 1. The SMILES string of the molecule is CCOC(=O)CC(Cc1ccnc(-c2ccc(Oc3ncc(Cl)cc3F)cc2)c1)NC(=O)OC(C)(C)C.